The number of carbonyl (C=O) groups is 2. The van der Waals surface area contributed by atoms with Crippen molar-refractivity contribution in [2.24, 2.45) is 4.99 Å². The fourth-order valence-electron chi connectivity index (χ4n) is 3.22. The molecule has 1 N–H and O–H groups in total. The molecule has 0 aliphatic carbocycles. The molecule has 3 aromatic rings. The lowest BCUT2D eigenvalue weighted by Crippen LogP contribution is -2.29. The number of nitrogens with zero attached hydrogens (tertiary/aromatic N) is 3. The van der Waals surface area contributed by atoms with Gasteiger partial charge in [-0.25, -0.2) is 4.99 Å². The highest BCUT2D eigenvalue weighted by atomic mass is 32.1. The summed E-state index contributed by atoms with van der Waals surface area (Å²) in [4.78, 5) is 30.2. The predicted molar refractivity (Wildman–Crippen MR) is 109 cm³/mol. The molecule has 0 fully saturated rings. The highest BCUT2D eigenvalue weighted by Crippen LogP contribution is 2.23. The molecule has 3 heterocycles. The van der Waals surface area contributed by atoms with Gasteiger partial charge >= 0.3 is 0 Å². The molecule has 2 aromatic heterocycles. The van der Waals surface area contributed by atoms with Crippen LogP contribution in [0.2, 0.25) is 0 Å². The van der Waals surface area contributed by atoms with E-state index in [1.165, 1.54) is 4.90 Å². The summed E-state index contributed by atoms with van der Waals surface area (Å²) in [6.07, 6.45) is 3.84. The van der Waals surface area contributed by atoms with E-state index >= 15 is 0 Å². The number of fused-ring (bicyclic) bond motifs is 1. The van der Waals surface area contributed by atoms with E-state index in [0.717, 1.165) is 16.5 Å². The standard InChI is InChI=1S/C20H18N4O3S/c1-23-19(26)16(22-20(23)28)9-13-11-24(17-7-3-2-6-15(13)17)12-18(25)21-10-14-5-4-8-27-14/h2-8,11H,9-10,12H2,1H3,(H,21,25). The molecule has 1 aliphatic heterocycles. The average molecular weight is 394 g/mol. The Morgan fingerprint density at radius 2 is 2.07 bits per heavy atom. The molecule has 0 unspecified atom stereocenters. The quantitative estimate of drug-likeness (QED) is 0.651. The fraction of sp³-hybridized carbons (Fsp3) is 0.200. The number of furan rings is 1. The number of rotatable bonds is 6. The maximum Gasteiger partial charge on any atom is 0.274 e. The second-order valence-electron chi connectivity index (χ2n) is 6.54. The maximum atomic E-state index is 12.4. The number of thiocarbonyl (C=S) groups is 1. The van der Waals surface area contributed by atoms with Gasteiger partial charge in [-0.1, -0.05) is 18.2 Å². The Morgan fingerprint density at radius 1 is 1.25 bits per heavy atom. The number of aliphatic imine (C=N–C) groups is 1. The molecule has 0 saturated carbocycles. The first-order chi connectivity index (χ1) is 13.5. The van der Waals surface area contributed by atoms with Crippen molar-refractivity contribution in [1.82, 2.24) is 14.8 Å². The Bertz CT molecular complexity index is 1100. The Kier molecular flexibility index (Phi) is 4.79. The van der Waals surface area contributed by atoms with Gasteiger partial charge in [0.2, 0.25) is 11.0 Å². The largest absolute Gasteiger partial charge is 0.467 e. The minimum Gasteiger partial charge on any atom is -0.467 e. The molecule has 7 nitrogen and oxygen atoms in total. The number of amides is 2. The van der Waals surface area contributed by atoms with Gasteiger partial charge in [0.05, 0.1) is 12.8 Å². The Labute approximate surface area is 166 Å². The van der Waals surface area contributed by atoms with Crippen molar-refractivity contribution in [2.45, 2.75) is 19.5 Å². The van der Waals surface area contributed by atoms with Gasteiger partial charge in [-0.2, -0.15) is 0 Å². The summed E-state index contributed by atoms with van der Waals surface area (Å²) in [5.74, 6) is 0.390. The number of hydrogen-bond acceptors (Lipinski definition) is 4. The van der Waals surface area contributed by atoms with Crippen molar-refractivity contribution < 1.29 is 14.0 Å². The number of carbonyl (C=O) groups excluding carboxylic acids is 2. The minimum atomic E-state index is -0.182. The normalized spacial score (nSPS) is 14.0. The lowest BCUT2D eigenvalue weighted by Gasteiger charge is -2.06. The Hall–Kier alpha value is -3.26. The molecule has 0 bridgehead atoms. The first-order valence-electron chi connectivity index (χ1n) is 8.78. The van der Waals surface area contributed by atoms with E-state index in [1.807, 2.05) is 41.1 Å². The second kappa shape index (κ2) is 7.40. The third-order valence-corrected chi connectivity index (χ3v) is 5.02. The van der Waals surface area contributed by atoms with Gasteiger partial charge in [0.1, 0.15) is 18.0 Å². The molecule has 0 atom stereocenters. The van der Waals surface area contributed by atoms with Crippen molar-refractivity contribution in [3.05, 3.63) is 60.2 Å². The molecule has 142 valence electrons. The lowest BCUT2D eigenvalue weighted by atomic mass is 10.1. The zero-order valence-corrected chi connectivity index (χ0v) is 16.0. The molecule has 2 amide bonds. The summed E-state index contributed by atoms with van der Waals surface area (Å²) < 4.78 is 7.11. The van der Waals surface area contributed by atoms with E-state index in [1.54, 1.807) is 19.4 Å². The van der Waals surface area contributed by atoms with Crippen molar-refractivity contribution in [1.29, 1.82) is 0 Å². The first kappa shape index (κ1) is 18.1. The number of aromatic nitrogens is 1. The number of benzene rings is 1. The molecule has 28 heavy (non-hydrogen) atoms. The van der Waals surface area contributed by atoms with E-state index < -0.39 is 0 Å². The summed E-state index contributed by atoms with van der Waals surface area (Å²) >= 11 is 5.08. The maximum absolute atomic E-state index is 12.4. The summed E-state index contributed by atoms with van der Waals surface area (Å²) in [6.45, 7) is 0.507. The van der Waals surface area contributed by atoms with E-state index in [4.69, 9.17) is 16.6 Å². The van der Waals surface area contributed by atoms with Crippen molar-refractivity contribution in [2.75, 3.05) is 7.05 Å². The van der Waals surface area contributed by atoms with Crippen LogP contribution in [-0.4, -0.2) is 39.2 Å². The SMILES string of the molecule is CN1C(=O)C(Cc2cn(CC(=O)NCc3ccco3)c3ccccc23)=NC1=S. The third-order valence-electron chi connectivity index (χ3n) is 4.65. The van der Waals surface area contributed by atoms with Crippen LogP contribution in [-0.2, 0) is 29.1 Å². The van der Waals surface area contributed by atoms with E-state index in [-0.39, 0.29) is 23.5 Å². The van der Waals surface area contributed by atoms with Gasteiger partial charge in [-0.15, -0.1) is 0 Å². The molecule has 1 aromatic carbocycles. The molecule has 8 heteroatoms. The molecular weight excluding hydrogens is 376 g/mol. The summed E-state index contributed by atoms with van der Waals surface area (Å²) in [5.41, 5.74) is 2.27. The van der Waals surface area contributed by atoms with Crippen LogP contribution in [0.4, 0.5) is 0 Å². The number of para-hydroxylation sites is 1. The van der Waals surface area contributed by atoms with Crippen molar-refractivity contribution in [3.8, 4) is 0 Å². The molecular formula is C20H18N4O3S. The van der Waals surface area contributed by atoms with Crippen molar-refractivity contribution >= 4 is 45.8 Å². The van der Waals surface area contributed by atoms with E-state index in [9.17, 15) is 9.59 Å². The zero-order valence-electron chi connectivity index (χ0n) is 15.2. The second-order valence-corrected chi connectivity index (χ2v) is 6.90. The van der Waals surface area contributed by atoms with Crippen LogP contribution >= 0.6 is 12.2 Å². The smallest absolute Gasteiger partial charge is 0.274 e. The van der Waals surface area contributed by atoms with E-state index in [2.05, 4.69) is 10.3 Å². The molecule has 4 rings (SSSR count). The monoisotopic (exact) mass is 394 g/mol. The number of nitrogens with one attached hydrogen (secondary N) is 1. The van der Waals surface area contributed by atoms with Crippen LogP contribution < -0.4 is 5.32 Å². The average Bonchev–Trinajstić information content (AvgIpc) is 3.38. The fourth-order valence-corrected chi connectivity index (χ4v) is 3.41. The third kappa shape index (κ3) is 3.46. The highest BCUT2D eigenvalue weighted by molar-refractivity contribution is 7.80. The Balaban J connectivity index is 1.55. The molecule has 0 spiro atoms. The van der Waals surface area contributed by atoms with Crippen LogP contribution in [0.3, 0.4) is 0 Å². The van der Waals surface area contributed by atoms with Crippen LogP contribution in [0.1, 0.15) is 11.3 Å². The zero-order chi connectivity index (χ0) is 19.7. The Morgan fingerprint density at radius 3 is 2.79 bits per heavy atom. The van der Waals surface area contributed by atoms with Gasteiger partial charge in [0.15, 0.2) is 0 Å². The van der Waals surface area contributed by atoms with Gasteiger partial charge in [-0.05, 0) is 36.0 Å². The van der Waals surface area contributed by atoms with Gasteiger partial charge in [0, 0.05) is 30.6 Å². The summed E-state index contributed by atoms with van der Waals surface area (Å²) in [5, 5.41) is 4.11. The van der Waals surface area contributed by atoms with Gasteiger partial charge < -0.3 is 14.3 Å². The van der Waals surface area contributed by atoms with Crippen LogP contribution in [0.5, 0.6) is 0 Å². The van der Waals surface area contributed by atoms with Gasteiger partial charge in [-0.3, -0.25) is 14.5 Å². The van der Waals surface area contributed by atoms with Gasteiger partial charge in [0.25, 0.3) is 5.91 Å². The molecule has 1 aliphatic rings. The highest BCUT2D eigenvalue weighted by Gasteiger charge is 2.27. The molecule has 0 radical (unpaired) electrons. The van der Waals surface area contributed by atoms with E-state index in [0.29, 0.717) is 24.4 Å². The first-order valence-corrected chi connectivity index (χ1v) is 9.19. The predicted octanol–water partition coefficient (Wildman–Crippen LogP) is 2.29. The lowest BCUT2D eigenvalue weighted by molar-refractivity contribution is -0.122. The summed E-state index contributed by atoms with van der Waals surface area (Å²) in [7, 11) is 1.62. The number of hydrogen-bond donors (Lipinski definition) is 1. The minimum absolute atomic E-state index is 0.126. The van der Waals surface area contributed by atoms with Crippen LogP contribution in [0.15, 0.2) is 58.3 Å². The molecule has 0 saturated heterocycles. The summed E-state index contributed by atoms with van der Waals surface area (Å²) in [6, 6.07) is 11.4. The van der Waals surface area contributed by atoms with Crippen LogP contribution in [0, 0.1) is 0 Å². The van der Waals surface area contributed by atoms with Crippen LogP contribution in [0.25, 0.3) is 10.9 Å². The topological polar surface area (TPSA) is 79.8 Å². The van der Waals surface area contributed by atoms with Crippen molar-refractivity contribution in [3.63, 3.8) is 0 Å².